The van der Waals surface area contributed by atoms with Gasteiger partial charge in [-0.3, -0.25) is 4.79 Å². The number of aromatic nitrogens is 2. The molecular formula is C27H33N4O4+. The van der Waals surface area contributed by atoms with Crippen LogP contribution in [0.2, 0.25) is 0 Å². The summed E-state index contributed by atoms with van der Waals surface area (Å²) >= 11 is 0. The molecule has 8 nitrogen and oxygen atoms in total. The number of nitrogens with zero attached hydrogens (tertiary/aromatic N) is 1. The number of rotatable bonds is 9. The zero-order valence-electron chi connectivity index (χ0n) is 20.8. The molecule has 3 N–H and O–H groups in total. The van der Waals surface area contributed by atoms with Crippen molar-refractivity contribution in [3.05, 3.63) is 66.0 Å². The first-order chi connectivity index (χ1) is 16.7. The second-order valence-corrected chi connectivity index (χ2v) is 9.68. The number of ether oxygens (including phenoxy) is 2. The molecule has 35 heavy (non-hydrogen) atoms. The molecule has 2 aromatic heterocycles. The van der Waals surface area contributed by atoms with E-state index in [4.69, 9.17) is 9.47 Å². The van der Waals surface area contributed by atoms with E-state index in [9.17, 15) is 9.59 Å². The summed E-state index contributed by atoms with van der Waals surface area (Å²) in [5, 5.41) is 5.02. The van der Waals surface area contributed by atoms with E-state index in [0.29, 0.717) is 17.3 Å². The first-order valence-corrected chi connectivity index (χ1v) is 11.6. The molecule has 0 saturated carbocycles. The minimum atomic E-state index is -0.802. The Bertz CT molecular complexity index is 1350. The van der Waals surface area contributed by atoms with Gasteiger partial charge < -0.3 is 29.2 Å². The lowest BCUT2D eigenvalue weighted by atomic mass is 10.0. The number of aromatic amines is 2. The Morgan fingerprint density at radius 1 is 0.914 bits per heavy atom. The van der Waals surface area contributed by atoms with Gasteiger partial charge in [0, 0.05) is 41.5 Å². The van der Waals surface area contributed by atoms with E-state index < -0.39 is 18.1 Å². The number of nitrogens with one attached hydrogen (secondary N) is 3. The molecule has 0 aliphatic rings. The molecule has 0 fully saturated rings. The number of hydrogen-bond acceptors (Lipinski definition) is 4. The summed E-state index contributed by atoms with van der Waals surface area (Å²) in [6.45, 7) is 0. The van der Waals surface area contributed by atoms with Crippen molar-refractivity contribution in [3.63, 3.8) is 0 Å². The maximum atomic E-state index is 13.6. The molecule has 0 bridgehead atoms. The third-order valence-corrected chi connectivity index (χ3v) is 6.53. The third-order valence-electron chi connectivity index (χ3n) is 6.53. The van der Waals surface area contributed by atoms with Crippen molar-refractivity contribution < 1.29 is 23.5 Å². The summed E-state index contributed by atoms with van der Waals surface area (Å²) in [5.41, 5.74) is 3.84. The molecule has 0 saturated heterocycles. The van der Waals surface area contributed by atoms with E-state index in [1.54, 1.807) is 7.11 Å². The second kappa shape index (κ2) is 9.84. The average Bonchev–Trinajstić information content (AvgIpc) is 3.44. The van der Waals surface area contributed by atoms with Gasteiger partial charge in [0.05, 0.1) is 40.9 Å². The second-order valence-electron chi connectivity index (χ2n) is 9.68. The smallest absolute Gasteiger partial charge is 0.328 e. The van der Waals surface area contributed by atoms with Crippen LogP contribution in [0.4, 0.5) is 0 Å². The number of esters is 1. The van der Waals surface area contributed by atoms with Crippen LogP contribution in [-0.4, -0.2) is 73.8 Å². The van der Waals surface area contributed by atoms with Gasteiger partial charge in [-0.1, -0.05) is 30.3 Å². The molecule has 0 aliphatic heterocycles. The van der Waals surface area contributed by atoms with Crippen LogP contribution in [0.1, 0.15) is 11.1 Å². The molecular weight excluding hydrogens is 444 g/mol. The van der Waals surface area contributed by atoms with E-state index in [1.165, 1.54) is 7.11 Å². The lowest BCUT2D eigenvalue weighted by molar-refractivity contribution is -0.886. The molecule has 4 aromatic rings. The van der Waals surface area contributed by atoms with Gasteiger partial charge in [-0.2, -0.15) is 0 Å². The number of carbonyl (C=O) groups excluding carboxylic acids is 2. The SMILES string of the molecule is COC(=O)[C@H](Cc1c[nH]c2ccccc12)NC(=O)[C@H](Cc1c[nH]c2c(OC)cccc12)[N+](C)(C)C. The number of H-pyrrole nitrogens is 2. The number of hydrogen-bond donors (Lipinski definition) is 3. The van der Waals surface area contributed by atoms with E-state index >= 15 is 0 Å². The Hall–Kier alpha value is -3.78. The zero-order valence-corrected chi connectivity index (χ0v) is 20.8. The van der Waals surface area contributed by atoms with Crippen molar-refractivity contribution in [1.82, 2.24) is 15.3 Å². The van der Waals surface area contributed by atoms with Gasteiger partial charge in [0.15, 0.2) is 6.04 Å². The zero-order chi connectivity index (χ0) is 25.2. The van der Waals surface area contributed by atoms with E-state index in [-0.39, 0.29) is 5.91 Å². The van der Waals surface area contributed by atoms with Crippen LogP contribution < -0.4 is 10.1 Å². The van der Waals surface area contributed by atoms with E-state index in [1.807, 2.05) is 76.0 Å². The highest BCUT2D eigenvalue weighted by atomic mass is 16.5. The van der Waals surface area contributed by atoms with Crippen LogP contribution in [0.15, 0.2) is 54.9 Å². The van der Waals surface area contributed by atoms with E-state index in [2.05, 4.69) is 15.3 Å². The van der Waals surface area contributed by atoms with E-state index in [0.717, 1.165) is 38.7 Å². The first kappa shape index (κ1) is 24.3. The first-order valence-electron chi connectivity index (χ1n) is 11.6. The number of amides is 1. The monoisotopic (exact) mass is 477 g/mol. The van der Waals surface area contributed by atoms with Gasteiger partial charge in [0.1, 0.15) is 11.8 Å². The fraction of sp³-hybridized carbons (Fsp3) is 0.333. The Morgan fingerprint density at radius 3 is 2.31 bits per heavy atom. The molecule has 184 valence electrons. The topological polar surface area (TPSA) is 96.2 Å². The van der Waals surface area contributed by atoms with Gasteiger partial charge in [0.25, 0.3) is 5.91 Å². The van der Waals surface area contributed by atoms with Crippen molar-refractivity contribution in [2.75, 3.05) is 35.4 Å². The Morgan fingerprint density at radius 2 is 1.60 bits per heavy atom. The van der Waals surface area contributed by atoms with Crippen molar-refractivity contribution >= 4 is 33.7 Å². The van der Waals surface area contributed by atoms with Crippen LogP contribution in [0.5, 0.6) is 5.75 Å². The largest absolute Gasteiger partial charge is 0.495 e. The highest BCUT2D eigenvalue weighted by Gasteiger charge is 2.35. The van der Waals surface area contributed by atoms with Gasteiger partial charge in [0.2, 0.25) is 0 Å². The molecule has 2 heterocycles. The number of para-hydroxylation sites is 2. The Balaban J connectivity index is 1.59. The van der Waals surface area contributed by atoms with Crippen molar-refractivity contribution in [1.29, 1.82) is 0 Å². The van der Waals surface area contributed by atoms with Gasteiger partial charge in [-0.15, -0.1) is 0 Å². The van der Waals surface area contributed by atoms with Gasteiger partial charge in [-0.05, 0) is 23.3 Å². The predicted octanol–water partition coefficient (Wildman–Crippen LogP) is 3.18. The summed E-state index contributed by atoms with van der Waals surface area (Å²) in [5.74, 6) is 0.0788. The summed E-state index contributed by atoms with van der Waals surface area (Å²) < 4.78 is 10.9. The summed E-state index contributed by atoms with van der Waals surface area (Å²) in [7, 11) is 8.91. The number of benzene rings is 2. The number of carbonyl (C=O) groups is 2. The predicted molar refractivity (Wildman–Crippen MR) is 136 cm³/mol. The van der Waals surface area contributed by atoms with Crippen LogP contribution in [0.25, 0.3) is 21.8 Å². The fourth-order valence-corrected chi connectivity index (χ4v) is 4.57. The Labute approximate surface area is 204 Å². The lowest BCUT2D eigenvalue weighted by Crippen LogP contribution is -2.58. The number of methoxy groups -OCH3 is 2. The minimum Gasteiger partial charge on any atom is -0.495 e. The fourth-order valence-electron chi connectivity index (χ4n) is 4.57. The number of fused-ring (bicyclic) bond motifs is 2. The average molecular weight is 478 g/mol. The molecule has 4 rings (SSSR count). The minimum absolute atomic E-state index is 0.204. The molecule has 2 atom stereocenters. The molecule has 0 unspecified atom stereocenters. The van der Waals surface area contributed by atoms with Crippen molar-refractivity contribution in [3.8, 4) is 5.75 Å². The lowest BCUT2D eigenvalue weighted by Gasteiger charge is -2.34. The number of quaternary nitrogens is 1. The normalized spacial score (nSPS) is 13.5. The molecule has 2 aromatic carbocycles. The quantitative estimate of drug-likeness (QED) is 0.255. The maximum absolute atomic E-state index is 13.6. The molecule has 0 radical (unpaired) electrons. The summed E-state index contributed by atoms with van der Waals surface area (Å²) in [6.07, 6.45) is 4.62. The van der Waals surface area contributed by atoms with Crippen molar-refractivity contribution in [2.24, 2.45) is 0 Å². The van der Waals surface area contributed by atoms with Crippen LogP contribution in [-0.2, 0) is 27.2 Å². The highest BCUT2D eigenvalue weighted by Crippen LogP contribution is 2.28. The third kappa shape index (κ3) is 5.02. The molecule has 0 spiro atoms. The van der Waals surface area contributed by atoms with Crippen molar-refractivity contribution in [2.45, 2.75) is 24.9 Å². The summed E-state index contributed by atoms with van der Waals surface area (Å²) in [4.78, 5) is 32.8. The van der Waals surface area contributed by atoms with Gasteiger partial charge in [-0.25, -0.2) is 4.79 Å². The Kier molecular flexibility index (Phi) is 6.84. The van der Waals surface area contributed by atoms with Gasteiger partial charge >= 0.3 is 5.97 Å². The standard InChI is InChI=1S/C27H32N4O4/c1-31(2,3)23(14-18-16-29-25-20(18)10-8-12-24(25)34-4)26(32)30-22(27(33)35-5)13-17-15-28-21-11-7-6-9-19(17)21/h6-12,15-16,22-23,28-29H,13-14H2,1-5H3/p+1/t22-,23-/m0/s1. The summed E-state index contributed by atoms with van der Waals surface area (Å²) in [6, 6.07) is 12.5. The molecule has 1 amide bonds. The van der Waals surface area contributed by atoms with Crippen LogP contribution >= 0.6 is 0 Å². The molecule has 8 heteroatoms. The highest BCUT2D eigenvalue weighted by molar-refractivity contribution is 5.91. The van der Waals surface area contributed by atoms with Crippen LogP contribution in [0.3, 0.4) is 0 Å². The number of likely N-dealkylation sites (N-methyl/N-ethyl adjacent to an activating group) is 1. The maximum Gasteiger partial charge on any atom is 0.328 e. The molecule has 0 aliphatic carbocycles. The van der Waals surface area contributed by atoms with Crippen LogP contribution in [0, 0.1) is 0 Å².